The Hall–Kier alpha value is -2.05. The van der Waals surface area contributed by atoms with Gasteiger partial charge in [0.25, 0.3) is 5.91 Å². The zero-order valence-electron chi connectivity index (χ0n) is 18.2. The van der Waals surface area contributed by atoms with E-state index in [1.54, 1.807) is 0 Å². The summed E-state index contributed by atoms with van der Waals surface area (Å²) in [5.41, 5.74) is 4.32. The van der Waals surface area contributed by atoms with Crippen LogP contribution in [-0.4, -0.2) is 41.9 Å². The van der Waals surface area contributed by atoms with Crippen LogP contribution in [0.15, 0.2) is 47.8 Å². The van der Waals surface area contributed by atoms with Crippen LogP contribution in [0, 0.1) is 13.8 Å². The van der Waals surface area contributed by atoms with Crippen molar-refractivity contribution >= 4 is 40.4 Å². The van der Waals surface area contributed by atoms with Crippen LogP contribution < -0.4 is 4.74 Å². The predicted molar refractivity (Wildman–Crippen MR) is 132 cm³/mol. The number of thiophene rings is 1. The van der Waals surface area contributed by atoms with Crippen molar-refractivity contribution in [3.8, 4) is 5.75 Å². The molecule has 4 nitrogen and oxygen atoms in total. The van der Waals surface area contributed by atoms with Crippen LogP contribution in [0.5, 0.6) is 5.75 Å². The van der Waals surface area contributed by atoms with Gasteiger partial charge in [0, 0.05) is 53.9 Å². The maximum absolute atomic E-state index is 13.0. The zero-order valence-corrected chi connectivity index (χ0v) is 20.6. The summed E-state index contributed by atoms with van der Waals surface area (Å²) in [4.78, 5) is 17.9. The van der Waals surface area contributed by atoms with Crippen LogP contribution in [-0.2, 0) is 13.2 Å². The van der Waals surface area contributed by atoms with E-state index in [0.717, 1.165) is 34.8 Å². The van der Waals surface area contributed by atoms with Crippen molar-refractivity contribution in [1.29, 1.82) is 0 Å². The molecule has 0 radical (unpaired) electrons. The molecule has 1 aromatic heterocycles. The molecule has 1 aliphatic heterocycles. The Kier molecular flexibility index (Phi) is 7.41. The van der Waals surface area contributed by atoms with Crippen molar-refractivity contribution in [2.24, 2.45) is 0 Å². The highest BCUT2D eigenvalue weighted by Gasteiger charge is 2.24. The molecule has 3 aromatic rings. The number of aryl methyl sites for hydroxylation is 2. The van der Waals surface area contributed by atoms with E-state index in [9.17, 15) is 4.79 Å². The number of carbonyl (C=O) groups is 1. The fraction of sp³-hybridized carbons (Fsp3) is 0.320. The van der Waals surface area contributed by atoms with Gasteiger partial charge in [0.2, 0.25) is 0 Å². The Morgan fingerprint density at radius 1 is 1.00 bits per heavy atom. The predicted octanol–water partition coefficient (Wildman–Crippen LogP) is 6.21. The first kappa shape index (κ1) is 23.1. The normalized spacial score (nSPS) is 14.6. The highest BCUT2D eigenvalue weighted by Crippen LogP contribution is 2.26. The summed E-state index contributed by atoms with van der Waals surface area (Å²) < 4.78 is 5.94. The van der Waals surface area contributed by atoms with Crippen LogP contribution >= 0.6 is 34.5 Å². The molecule has 0 N–H and O–H groups in total. The Morgan fingerprint density at radius 2 is 1.66 bits per heavy atom. The molecular formula is C25H26Cl2N2O2S. The number of nitrogens with zero attached hydrogens (tertiary/aromatic N) is 2. The summed E-state index contributed by atoms with van der Waals surface area (Å²) >= 11 is 14.1. The molecule has 7 heteroatoms. The Balaban J connectivity index is 1.30. The summed E-state index contributed by atoms with van der Waals surface area (Å²) in [5.74, 6) is 0.944. The third-order valence-electron chi connectivity index (χ3n) is 5.57. The van der Waals surface area contributed by atoms with Crippen molar-refractivity contribution < 1.29 is 9.53 Å². The van der Waals surface area contributed by atoms with Gasteiger partial charge in [0.1, 0.15) is 12.4 Å². The Morgan fingerprint density at radius 3 is 2.31 bits per heavy atom. The molecule has 168 valence electrons. The van der Waals surface area contributed by atoms with Crippen molar-refractivity contribution in [3.05, 3.63) is 85.0 Å². The lowest BCUT2D eigenvalue weighted by Crippen LogP contribution is -2.48. The van der Waals surface area contributed by atoms with Gasteiger partial charge >= 0.3 is 0 Å². The first-order chi connectivity index (χ1) is 15.4. The summed E-state index contributed by atoms with van der Waals surface area (Å²) in [6, 6.07) is 13.7. The maximum atomic E-state index is 13.0. The highest BCUT2D eigenvalue weighted by atomic mass is 35.5. The average Bonchev–Trinajstić information content (AvgIpc) is 3.23. The van der Waals surface area contributed by atoms with Crippen molar-refractivity contribution in [3.63, 3.8) is 0 Å². The van der Waals surface area contributed by atoms with Gasteiger partial charge < -0.3 is 9.64 Å². The van der Waals surface area contributed by atoms with Gasteiger partial charge in [-0.3, -0.25) is 9.69 Å². The largest absolute Gasteiger partial charge is 0.489 e. The van der Waals surface area contributed by atoms with Crippen molar-refractivity contribution in [1.82, 2.24) is 9.80 Å². The minimum Gasteiger partial charge on any atom is -0.489 e. The standard InChI is InChI=1S/C25H26Cl2N2O2S/c1-17-10-18(2)12-20(11-17)31-15-19-13-24(32-16-19)25(30)29-8-6-28(7-9-29)14-21-22(26)4-3-5-23(21)27/h3-5,10-13,16H,6-9,14-15H2,1-2H3. The van der Waals surface area contributed by atoms with E-state index in [1.165, 1.54) is 22.5 Å². The second kappa shape index (κ2) is 10.3. The molecule has 0 bridgehead atoms. The minimum atomic E-state index is 0.0862. The van der Waals surface area contributed by atoms with Gasteiger partial charge in [-0.1, -0.05) is 35.3 Å². The van der Waals surface area contributed by atoms with E-state index in [4.69, 9.17) is 27.9 Å². The monoisotopic (exact) mass is 488 g/mol. The molecule has 0 unspecified atom stereocenters. The second-order valence-corrected chi connectivity index (χ2v) is 9.93. The molecule has 0 atom stereocenters. The van der Waals surface area contributed by atoms with Crippen LogP contribution in [0.2, 0.25) is 10.0 Å². The topological polar surface area (TPSA) is 32.8 Å². The van der Waals surface area contributed by atoms with E-state index < -0.39 is 0 Å². The van der Waals surface area contributed by atoms with Gasteiger partial charge in [-0.2, -0.15) is 0 Å². The van der Waals surface area contributed by atoms with Crippen LogP contribution in [0.25, 0.3) is 0 Å². The molecule has 1 saturated heterocycles. The van der Waals surface area contributed by atoms with Crippen LogP contribution in [0.3, 0.4) is 0 Å². The zero-order chi connectivity index (χ0) is 22.7. The molecule has 0 aliphatic carbocycles. The number of carbonyl (C=O) groups excluding carboxylic acids is 1. The molecule has 2 heterocycles. The van der Waals surface area contributed by atoms with Crippen LogP contribution in [0.4, 0.5) is 0 Å². The third-order valence-corrected chi connectivity index (χ3v) is 7.24. The Labute approximate surface area is 203 Å². The second-order valence-electron chi connectivity index (χ2n) is 8.20. The van der Waals surface area contributed by atoms with Crippen LogP contribution in [0.1, 0.15) is 31.9 Å². The van der Waals surface area contributed by atoms with E-state index in [-0.39, 0.29) is 5.91 Å². The van der Waals surface area contributed by atoms with Gasteiger partial charge in [-0.05, 0) is 60.7 Å². The van der Waals surface area contributed by atoms with E-state index in [2.05, 4.69) is 24.8 Å². The van der Waals surface area contributed by atoms with Gasteiger partial charge in [-0.15, -0.1) is 11.3 Å². The fourth-order valence-electron chi connectivity index (χ4n) is 3.92. The number of ether oxygens (including phenoxy) is 1. The first-order valence-electron chi connectivity index (χ1n) is 10.6. The molecule has 1 amide bonds. The number of hydrogen-bond donors (Lipinski definition) is 0. The lowest BCUT2D eigenvalue weighted by molar-refractivity contribution is 0.0633. The summed E-state index contributed by atoms with van der Waals surface area (Å²) in [5, 5.41) is 3.38. The SMILES string of the molecule is Cc1cc(C)cc(OCc2csc(C(=O)N3CCN(Cc4c(Cl)cccc4Cl)CC3)c2)c1. The summed E-state index contributed by atoms with van der Waals surface area (Å²) in [7, 11) is 0. The molecule has 32 heavy (non-hydrogen) atoms. The van der Waals surface area contributed by atoms with Crippen molar-refractivity contribution in [2.75, 3.05) is 26.2 Å². The summed E-state index contributed by atoms with van der Waals surface area (Å²) in [6.07, 6.45) is 0. The molecule has 0 saturated carbocycles. The third kappa shape index (κ3) is 5.65. The molecule has 4 rings (SSSR count). The Bertz CT molecular complexity index is 1070. The minimum absolute atomic E-state index is 0.0862. The molecule has 0 spiro atoms. The number of piperazine rings is 1. The highest BCUT2D eigenvalue weighted by molar-refractivity contribution is 7.12. The number of rotatable bonds is 6. The molecule has 1 fully saturated rings. The maximum Gasteiger partial charge on any atom is 0.264 e. The van der Waals surface area contributed by atoms with Gasteiger partial charge in [-0.25, -0.2) is 0 Å². The number of halogens is 2. The number of benzene rings is 2. The van der Waals surface area contributed by atoms with E-state index in [1.807, 2.05) is 46.7 Å². The number of hydrogen-bond acceptors (Lipinski definition) is 4. The fourth-order valence-corrected chi connectivity index (χ4v) is 5.30. The van der Waals surface area contributed by atoms with Gasteiger partial charge in [0.05, 0.1) is 4.88 Å². The van der Waals surface area contributed by atoms with E-state index in [0.29, 0.717) is 36.3 Å². The van der Waals surface area contributed by atoms with Gasteiger partial charge in [0.15, 0.2) is 0 Å². The molecule has 2 aromatic carbocycles. The quantitative estimate of drug-likeness (QED) is 0.413. The number of amides is 1. The molecular weight excluding hydrogens is 463 g/mol. The lowest BCUT2D eigenvalue weighted by Gasteiger charge is -2.34. The molecule has 1 aliphatic rings. The smallest absolute Gasteiger partial charge is 0.264 e. The first-order valence-corrected chi connectivity index (χ1v) is 12.3. The lowest BCUT2D eigenvalue weighted by atomic mass is 10.1. The van der Waals surface area contributed by atoms with E-state index >= 15 is 0 Å². The average molecular weight is 489 g/mol. The van der Waals surface area contributed by atoms with Crippen molar-refractivity contribution in [2.45, 2.75) is 27.0 Å². The summed E-state index contributed by atoms with van der Waals surface area (Å²) in [6.45, 7) is 8.23.